The van der Waals surface area contributed by atoms with E-state index in [0.717, 1.165) is 42.6 Å². The summed E-state index contributed by atoms with van der Waals surface area (Å²) in [4.78, 5) is 4.53. The molecule has 2 heterocycles. The van der Waals surface area contributed by atoms with Crippen LogP contribution in [0.4, 0.5) is 0 Å². The van der Waals surface area contributed by atoms with E-state index in [9.17, 15) is 0 Å². The first-order valence-electron chi connectivity index (χ1n) is 6.75. The Morgan fingerprint density at radius 2 is 1.91 bits per heavy atom. The molecule has 0 aliphatic rings. The van der Waals surface area contributed by atoms with Crippen molar-refractivity contribution in [2.24, 2.45) is 0 Å². The smallest absolute Gasteiger partial charge is 0.147 e. The fraction of sp³-hybridized carbons (Fsp3) is 0.118. The summed E-state index contributed by atoms with van der Waals surface area (Å²) >= 11 is 8.07. The number of para-hydroxylation sites is 1. The Balaban J connectivity index is 2.27. The van der Waals surface area contributed by atoms with Crippen LogP contribution >= 0.6 is 22.9 Å². The van der Waals surface area contributed by atoms with E-state index >= 15 is 0 Å². The molecule has 2 aromatic carbocycles. The maximum atomic E-state index is 6.42. The number of rotatable bonds is 2. The van der Waals surface area contributed by atoms with Crippen LogP contribution in [0.1, 0.15) is 0 Å². The molecule has 4 rings (SSSR count). The van der Waals surface area contributed by atoms with Crippen molar-refractivity contribution in [2.75, 3.05) is 14.2 Å². The lowest BCUT2D eigenvalue weighted by atomic mass is 10.1. The first-order valence-corrected chi connectivity index (χ1v) is 7.95. The number of pyridine rings is 1. The van der Waals surface area contributed by atoms with Gasteiger partial charge >= 0.3 is 0 Å². The third-order valence-corrected chi connectivity index (χ3v) is 5.34. The van der Waals surface area contributed by atoms with Gasteiger partial charge in [0.05, 0.1) is 18.9 Å². The summed E-state index contributed by atoms with van der Waals surface area (Å²) in [6.07, 6.45) is 0. The van der Waals surface area contributed by atoms with Crippen molar-refractivity contribution in [1.82, 2.24) is 4.98 Å². The molecule has 0 radical (unpaired) electrons. The van der Waals surface area contributed by atoms with Crippen LogP contribution in [0.3, 0.4) is 0 Å². The summed E-state index contributed by atoms with van der Waals surface area (Å²) < 4.78 is 12.9. The summed E-state index contributed by atoms with van der Waals surface area (Å²) in [6, 6.07) is 12.0. The van der Waals surface area contributed by atoms with E-state index in [-0.39, 0.29) is 0 Å². The number of nitrogens with zero attached hydrogens (tertiary/aromatic N) is 1. The van der Waals surface area contributed by atoms with Crippen LogP contribution in [0.2, 0.25) is 5.15 Å². The van der Waals surface area contributed by atoms with Gasteiger partial charge in [-0.3, -0.25) is 0 Å². The molecule has 0 atom stereocenters. The first-order chi connectivity index (χ1) is 10.7. The molecule has 0 aliphatic carbocycles. The van der Waals surface area contributed by atoms with Gasteiger partial charge in [0.2, 0.25) is 0 Å². The lowest BCUT2D eigenvalue weighted by Crippen LogP contribution is -1.88. The predicted molar refractivity (Wildman–Crippen MR) is 92.7 cm³/mol. The van der Waals surface area contributed by atoms with Gasteiger partial charge in [-0.1, -0.05) is 23.7 Å². The molecule has 4 aromatic rings. The highest BCUT2D eigenvalue weighted by Gasteiger charge is 2.16. The van der Waals surface area contributed by atoms with Gasteiger partial charge < -0.3 is 9.47 Å². The van der Waals surface area contributed by atoms with Crippen LogP contribution in [0.5, 0.6) is 11.5 Å². The van der Waals surface area contributed by atoms with Gasteiger partial charge in [-0.2, -0.15) is 0 Å². The molecule has 0 unspecified atom stereocenters. The lowest BCUT2D eigenvalue weighted by Gasteiger charge is -2.07. The molecule has 110 valence electrons. The minimum absolute atomic E-state index is 0.507. The second-order valence-electron chi connectivity index (χ2n) is 4.93. The molecule has 2 aromatic heterocycles. The van der Waals surface area contributed by atoms with E-state index in [4.69, 9.17) is 21.1 Å². The normalized spacial score (nSPS) is 11.4. The fourth-order valence-electron chi connectivity index (χ4n) is 2.77. The zero-order chi connectivity index (χ0) is 15.3. The van der Waals surface area contributed by atoms with E-state index in [1.54, 1.807) is 25.6 Å². The molecule has 0 fully saturated rings. The minimum Gasteiger partial charge on any atom is -0.497 e. The molecule has 0 saturated carbocycles. The Labute approximate surface area is 136 Å². The fourth-order valence-corrected chi connectivity index (χ4v) is 4.14. The third kappa shape index (κ3) is 1.84. The number of aromatic nitrogens is 1. The highest BCUT2D eigenvalue weighted by Crippen LogP contribution is 2.43. The van der Waals surface area contributed by atoms with Crippen molar-refractivity contribution in [3.63, 3.8) is 0 Å². The van der Waals surface area contributed by atoms with Gasteiger partial charge in [0.25, 0.3) is 0 Å². The minimum atomic E-state index is 0.507. The number of halogens is 1. The Hall–Kier alpha value is -2.04. The third-order valence-electron chi connectivity index (χ3n) is 3.78. The molecule has 0 bridgehead atoms. The maximum absolute atomic E-state index is 6.42. The molecule has 0 spiro atoms. The van der Waals surface area contributed by atoms with Crippen molar-refractivity contribution >= 4 is 54.0 Å². The van der Waals surface area contributed by atoms with Gasteiger partial charge in [-0.25, -0.2) is 4.98 Å². The van der Waals surface area contributed by atoms with Crippen LogP contribution in [-0.2, 0) is 0 Å². The quantitative estimate of drug-likeness (QED) is 0.469. The second kappa shape index (κ2) is 5.00. The van der Waals surface area contributed by atoms with Gasteiger partial charge in [-0.05, 0) is 24.3 Å². The number of hydrogen-bond donors (Lipinski definition) is 0. The van der Waals surface area contributed by atoms with Gasteiger partial charge in [-0.15, -0.1) is 11.3 Å². The summed E-state index contributed by atoms with van der Waals surface area (Å²) in [5.41, 5.74) is 0.782. The number of benzene rings is 2. The SMILES string of the molecule is COc1ccc2sc3c(Cl)nc4c(OC)cccc4c3c2c1. The van der Waals surface area contributed by atoms with Crippen LogP contribution in [0, 0.1) is 0 Å². The van der Waals surface area contributed by atoms with E-state index in [1.165, 1.54) is 0 Å². The lowest BCUT2D eigenvalue weighted by molar-refractivity contribution is 0.415. The Morgan fingerprint density at radius 3 is 2.68 bits per heavy atom. The predicted octanol–water partition coefficient (Wildman–Crippen LogP) is 5.27. The van der Waals surface area contributed by atoms with Gasteiger partial charge in [0.1, 0.15) is 22.2 Å². The van der Waals surface area contributed by atoms with E-state index in [2.05, 4.69) is 17.1 Å². The first kappa shape index (κ1) is 13.6. The Kier molecular flexibility index (Phi) is 3.10. The van der Waals surface area contributed by atoms with Crippen LogP contribution in [0.25, 0.3) is 31.1 Å². The Morgan fingerprint density at radius 1 is 1.05 bits per heavy atom. The largest absolute Gasteiger partial charge is 0.497 e. The van der Waals surface area contributed by atoms with Crippen molar-refractivity contribution in [3.8, 4) is 11.5 Å². The molecule has 5 heteroatoms. The number of fused-ring (bicyclic) bond motifs is 5. The van der Waals surface area contributed by atoms with Crippen molar-refractivity contribution < 1.29 is 9.47 Å². The summed E-state index contributed by atoms with van der Waals surface area (Å²) in [5.74, 6) is 1.56. The number of methoxy groups -OCH3 is 2. The number of thiophene rings is 1. The average molecular weight is 330 g/mol. The molecular formula is C17H12ClNO2S. The van der Waals surface area contributed by atoms with Crippen molar-refractivity contribution in [2.45, 2.75) is 0 Å². The molecule has 0 amide bonds. The topological polar surface area (TPSA) is 31.4 Å². The average Bonchev–Trinajstić information content (AvgIpc) is 2.94. The van der Waals surface area contributed by atoms with Gasteiger partial charge in [0, 0.05) is 20.9 Å². The summed E-state index contributed by atoms with van der Waals surface area (Å²) in [5, 5.41) is 3.78. The molecular weight excluding hydrogens is 318 g/mol. The number of ether oxygens (including phenoxy) is 2. The molecule has 0 N–H and O–H groups in total. The molecule has 22 heavy (non-hydrogen) atoms. The van der Waals surface area contributed by atoms with Gasteiger partial charge in [0.15, 0.2) is 0 Å². The summed E-state index contributed by atoms with van der Waals surface area (Å²) in [6.45, 7) is 0. The van der Waals surface area contributed by atoms with Crippen molar-refractivity contribution in [3.05, 3.63) is 41.6 Å². The molecule has 0 saturated heterocycles. The van der Waals surface area contributed by atoms with Crippen LogP contribution in [-0.4, -0.2) is 19.2 Å². The maximum Gasteiger partial charge on any atom is 0.147 e. The second-order valence-corrected chi connectivity index (χ2v) is 6.34. The summed E-state index contributed by atoms with van der Waals surface area (Å²) in [7, 11) is 3.31. The zero-order valence-electron chi connectivity index (χ0n) is 12.0. The standard InChI is InChI=1S/C17H12ClNO2S/c1-20-9-6-7-13-11(8-9)14-10-4-3-5-12(21-2)15(10)19-17(18)16(14)22-13/h3-8H,1-2H3. The zero-order valence-corrected chi connectivity index (χ0v) is 13.6. The van der Waals surface area contributed by atoms with E-state index in [1.807, 2.05) is 24.3 Å². The van der Waals surface area contributed by atoms with E-state index < -0.39 is 0 Å². The van der Waals surface area contributed by atoms with E-state index in [0.29, 0.717) is 5.15 Å². The highest BCUT2D eigenvalue weighted by atomic mass is 35.5. The van der Waals surface area contributed by atoms with Crippen LogP contribution in [0.15, 0.2) is 36.4 Å². The number of hydrogen-bond acceptors (Lipinski definition) is 4. The Bertz CT molecular complexity index is 1030. The molecule has 3 nitrogen and oxygen atoms in total. The monoisotopic (exact) mass is 329 g/mol. The van der Waals surface area contributed by atoms with Crippen molar-refractivity contribution in [1.29, 1.82) is 0 Å². The van der Waals surface area contributed by atoms with Crippen LogP contribution < -0.4 is 9.47 Å². The molecule has 0 aliphatic heterocycles. The highest BCUT2D eigenvalue weighted by molar-refractivity contribution is 7.26.